The van der Waals surface area contributed by atoms with Crippen molar-refractivity contribution in [3.63, 3.8) is 0 Å². The molecule has 1 unspecified atom stereocenters. The van der Waals surface area contributed by atoms with Gasteiger partial charge in [-0.05, 0) is 49.4 Å². The van der Waals surface area contributed by atoms with Crippen molar-refractivity contribution >= 4 is 32.1 Å². The minimum Gasteiger partial charge on any atom is -0.312 e. The van der Waals surface area contributed by atoms with Crippen LogP contribution in [0.15, 0.2) is 47.8 Å². The van der Waals surface area contributed by atoms with Crippen LogP contribution in [0.1, 0.15) is 29.3 Å². The van der Waals surface area contributed by atoms with Crippen LogP contribution in [0, 0.1) is 0 Å². The van der Waals surface area contributed by atoms with Gasteiger partial charge in [0.05, 0.1) is 0 Å². The molecule has 1 N–H and O–H groups in total. The number of benzene rings is 1. The largest absolute Gasteiger partial charge is 0.312 e. The highest BCUT2D eigenvalue weighted by Gasteiger charge is 2.13. The van der Waals surface area contributed by atoms with E-state index in [9.17, 15) is 0 Å². The molecule has 1 atom stereocenters. The summed E-state index contributed by atoms with van der Waals surface area (Å²) in [5, 5.41) is 5.65. The molecule has 0 radical (unpaired) electrons. The first-order chi connectivity index (χ1) is 9.86. The second kappa shape index (κ2) is 6.53. The molecule has 2 aromatic heterocycles. The molecule has 0 saturated heterocycles. The fourth-order valence-electron chi connectivity index (χ4n) is 2.54. The Hall–Kier alpha value is -1.16. The van der Waals surface area contributed by atoms with Crippen LogP contribution in [0.3, 0.4) is 0 Å². The predicted molar refractivity (Wildman–Crippen MR) is 90.9 cm³/mol. The van der Waals surface area contributed by atoms with E-state index in [1.807, 2.05) is 22.7 Å². The minimum atomic E-state index is 0.489. The van der Waals surface area contributed by atoms with E-state index in [1.54, 1.807) is 0 Å². The van der Waals surface area contributed by atoms with Crippen molar-refractivity contribution in [3.05, 3.63) is 58.3 Å². The molecule has 1 aromatic carbocycles. The Labute approximate surface area is 128 Å². The third-order valence-electron chi connectivity index (χ3n) is 3.65. The summed E-state index contributed by atoms with van der Waals surface area (Å²) < 4.78 is 2.85. The van der Waals surface area contributed by atoms with E-state index in [0.29, 0.717) is 6.04 Å². The van der Waals surface area contributed by atoms with Gasteiger partial charge in [0.1, 0.15) is 0 Å². The zero-order valence-electron chi connectivity index (χ0n) is 11.6. The molecule has 0 spiro atoms. The molecule has 3 rings (SSSR count). The summed E-state index contributed by atoms with van der Waals surface area (Å²) in [4.78, 5) is 1.47. The smallest absolute Gasteiger partial charge is 0.0454 e. The first-order valence-corrected chi connectivity index (χ1v) is 8.74. The molecule has 0 aliphatic heterocycles. The van der Waals surface area contributed by atoms with Crippen molar-refractivity contribution in [3.8, 4) is 0 Å². The number of hydrogen-bond acceptors (Lipinski definition) is 3. The number of fused-ring (bicyclic) bond motifs is 1. The Bertz CT molecular complexity index is 625. The molecule has 0 fully saturated rings. The summed E-state index contributed by atoms with van der Waals surface area (Å²) in [6, 6.07) is 15.8. The molecule has 0 amide bonds. The third-order valence-corrected chi connectivity index (χ3v) is 5.86. The maximum absolute atomic E-state index is 3.47. The maximum atomic E-state index is 3.47. The van der Waals surface area contributed by atoms with Gasteiger partial charge in [0.15, 0.2) is 0 Å². The van der Waals surface area contributed by atoms with Crippen LogP contribution in [-0.4, -0.2) is 7.05 Å². The highest BCUT2D eigenvalue weighted by atomic mass is 32.1. The van der Waals surface area contributed by atoms with Crippen LogP contribution in [0.4, 0.5) is 0 Å². The minimum absolute atomic E-state index is 0.489. The van der Waals surface area contributed by atoms with E-state index in [4.69, 9.17) is 0 Å². The molecule has 20 heavy (non-hydrogen) atoms. The third kappa shape index (κ3) is 3.11. The Balaban J connectivity index is 1.61. The van der Waals surface area contributed by atoms with Gasteiger partial charge in [0, 0.05) is 20.3 Å². The summed E-state index contributed by atoms with van der Waals surface area (Å²) in [7, 11) is 2.07. The lowest BCUT2D eigenvalue weighted by atomic mass is 10.0. The van der Waals surface area contributed by atoms with Crippen LogP contribution in [0.25, 0.3) is 9.40 Å². The molecule has 0 aliphatic rings. The van der Waals surface area contributed by atoms with Crippen molar-refractivity contribution < 1.29 is 0 Å². The van der Waals surface area contributed by atoms with E-state index >= 15 is 0 Å². The number of hydrogen-bond donors (Lipinski definition) is 1. The van der Waals surface area contributed by atoms with E-state index in [-0.39, 0.29) is 0 Å². The van der Waals surface area contributed by atoms with Crippen LogP contribution in [0.5, 0.6) is 0 Å². The van der Waals surface area contributed by atoms with Crippen molar-refractivity contribution in [2.24, 2.45) is 0 Å². The van der Waals surface area contributed by atoms with Crippen LogP contribution >= 0.6 is 22.7 Å². The molecule has 1 nitrogen and oxygen atoms in total. The first-order valence-electron chi connectivity index (χ1n) is 7.05. The zero-order valence-corrected chi connectivity index (χ0v) is 13.3. The number of thiophene rings is 2. The quantitative estimate of drug-likeness (QED) is 0.656. The standard InChI is InChI=1S/C17H19NS2/c1-18-14(9-5-8-13-6-3-2-4-7-13)16-12-17-15(20-16)10-11-19-17/h2-4,6-7,10-12,14,18H,5,8-9H2,1H3. The fraction of sp³-hybridized carbons (Fsp3) is 0.294. The van der Waals surface area contributed by atoms with Crippen molar-refractivity contribution in [2.45, 2.75) is 25.3 Å². The summed E-state index contributed by atoms with van der Waals surface area (Å²) in [5.41, 5.74) is 1.44. The Morgan fingerprint density at radius 2 is 1.95 bits per heavy atom. The second-order valence-corrected chi connectivity index (χ2v) is 7.08. The van der Waals surface area contributed by atoms with Gasteiger partial charge in [0.25, 0.3) is 0 Å². The van der Waals surface area contributed by atoms with Gasteiger partial charge in [-0.3, -0.25) is 0 Å². The molecule has 0 aliphatic carbocycles. The van der Waals surface area contributed by atoms with Crippen molar-refractivity contribution in [2.75, 3.05) is 7.05 Å². The van der Waals surface area contributed by atoms with E-state index < -0.39 is 0 Å². The molecule has 3 heteroatoms. The Morgan fingerprint density at radius 3 is 2.70 bits per heavy atom. The molecule has 3 aromatic rings. The lowest BCUT2D eigenvalue weighted by Gasteiger charge is -2.14. The highest BCUT2D eigenvalue weighted by molar-refractivity contribution is 7.26. The monoisotopic (exact) mass is 301 g/mol. The van der Waals surface area contributed by atoms with E-state index in [0.717, 1.165) is 0 Å². The first kappa shape index (κ1) is 13.8. The van der Waals surface area contributed by atoms with Crippen LogP contribution in [-0.2, 0) is 6.42 Å². The lowest BCUT2D eigenvalue weighted by molar-refractivity contribution is 0.535. The molecular formula is C17H19NS2. The number of nitrogens with one attached hydrogen (secondary N) is 1. The lowest BCUT2D eigenvalue weighted by Crippen LogP contribution is -2.15. The Kier molecular flexibility index (Phi) is 4.51. The molecule has 0 bridgehead atoms. The fourth-order valence-corrected chi connectivity index (χ4v) is 4.80. The summed E-state index contributed by atoms with van der Waals surface area (Å²) in [5.74, 6) is 0. The summed E-state index contributed by atoms with van der Waals surface area (Å²) in [6.07, 6.45) is 3.58. The zero-order chi connectivity index (χ0) is 13.8. The summed E-state index contributed by atoms with van der Waals surface area (Å²) >= 11 is 3.77. The highest BCUT2D eigenvalue weighted by Crippen LogP contribution is 2.34. The summed E-state index contributed by atoms with van der Waals surface area (Å²) in [6.45, 7) is 0. The van der Waals surface area contributed by atoms with Gasteiger partial charge in [-0.25, -0.2) is 0 Å². The number of rotatable bonds is 6. The van der Waals surface area contributed by atoms with Crippen LogP contribution in [0.2, 0.25) is 0 Å². The predicted octanol–water partition coefficient (Wildman–Crippen LogP) is 5.25. The number of aryl methyl sites for hydroxylation is 1. The van der Waals surface area contributed by atoms with Gasteiger partial charge < -0.3 is 5.32 Å². The molecule has 104 valence electrons. The van der Waals surface area contributed by atoms with Gasteiger partial charge in [-0.1, -0.05) is 30.3 Å². The van der Waals surface area contributed by atoms with Crippen LogP contribution < -0.4 is 5.32 Å². The van der Waals surface area contributed by atoms with Gasteiger partial charge >= 0.3 is 0 Å². The van der Waals surface area contributed by atoms with Gasteiger partial charge in [-0.2, -0.15) is 0 Å². The maximum Gasteiger partial charge on any atom is 0.0454 e. The van der Waals surface area contributed by atoms with E-state index in [2.05, 4.69) is 60.2 Å². The normalized spacial score (nSPS) is 12.8. The molecule has 0 saturated carbocycles. The Morgan fingerprint density at radius 1 is 1.10 bits per heavy atom. The second-order valence-electron chi connectivity index (χ2n) is 5.02. The SMILES string of the molecule is CNC(CCCc1ccccc1)c1cc2sccc2s1. The average molecular weight is 301 g/mol. The van der Waals surface area contributed by atoms with E-state index in [1.165, 1.54) is 39.1 Å². The average Bonchev–Trinajstić information content (AvgIpc) is 3.06. The van der Waals surface area contributed by atoms with Gasteiger partial charge in [0.2, 0.25) is 0 Å². The van der Waals surface area contributed by atoms with Crippen molar-refractivity contribution in [1.82, 2.24) is 5.32 Å². The molecular weight excluding hydrogens is 282 g/mol. The van der Waals surface area contributed by atoms with Gasteiger partial charge in [-0.15, -0.1) is 22.7 Å². The molecule has 2 heterocycles. The topological polar surface area (TPSA) is 12.0 Å². The van der Waals surface area contributed by atoms with Crippen molar-refractivity contribution in [1.29, 1.82) is 0 Å².